The summed E-state index contributed by atoms with van der Waals surface area (Å²) in [6, 6.07) is 19.4. The highest BCUT2D eigenvalue weighted by Gasteiger charge is 2.56. The van der Waals surface area contributed by atoms with E-state index in [0.717, 1.165) is 58.7 Å². The summed E-state index contributed by atoms with van der Waals surface area (Å²) >= 11 is 0. The summed E-state index contributed by atoms with van der Waals surface area (Å²) in [5, 5.41) is 9.00. The van der Waals surface area contributed by atoms with Gasteiger partial charge in [-0.25, -0.2) is 14.4 Å². The number of benzene rings is 3. The molecule has 422 valence electrons. The van der Waals surface area contributed by atoms with Crippen LogP contribution in [0.25, 0.3) is 22.3 Å². The van der Waals surface area contributed by atoms with E-state index in [9.17, 15) is 28.8 Å². The molecule has 5 aromatic rings. The molecular weight excluding hydrogens is 1030 g/mol. The Balaban J connectivity index is 0.659. The number of carbonyl (C=O) groups is 7. The van der Waals surface area contributed by atoms with Gasteiger partial charge in [0.05, 0.1) is 39.8 Å². The van der Waals surface area contributed by atoms with Gasteiger partial charge in [0, 0.05) is 85.5 Å². The van der Waals surface area contributed by atoms with Crippen LogP contribution in [-0.4, -0.2) is 139 Å². The maximum absolute atomic E-state index is 15.3. The van der Waals surface area contributed by atoms with Crippen molar-refractivity contribution in [1.82, 2.24) is 39.5 Å². The normalized spacial score (nSPS) is 25.1. The van der Waals surface area contributed by atoms with Crippen molar-refractivity contribution < 1.29 is 38.0 Å². The van der Waals surface area contributed by atoms with Crippen LogP contribution in [0.15, 0.2) is 73.1 Å². The number of hydrogen-bond acceptors (Lipinski definition) is 12. The first-order valence-corrected chi connectivity index (χ1v) is 29.5. The minimum Gasteiger partial charge on any atom is -0.382 e. The lowest BCUT2D eigenvalue weighted by Gasteiger charge is -2.48. The van der Waals surface area contributed by atoms with E-state index >= 15 is 9.18 Å². The molecule has 3 aromatic carbocycles. The van der Waals surface area contributed by atoms with Gasteiger partial charge in [-0.1, -0.05) is 36.8 Å². The van der Waals surface area contributed by atoms with Gasteiger partial charge in [-0.2, -0.15) is 0 Å². The van der Waals surface area contributed by atoms with Crippen LogP contribution in [0.2, 0.25) is 0 Å². The van der Waals surface area contributed by atoms with Crippen LogP contribution in [0.1, 0.15) is 142 Å². The summed E-state index contributed by atoms with van der Waals surface area (Å²) < 4.78 is 17.2. The molecule has 7 amide bonds. The van der Waals surface area contributed by atoms with Gasteiger partial charge in [-0.05, 0) is 152 Å². The minimum absolute atomic E-state index is 0.0335. The van der Waals surface area contributed by atoms with E-state index in [2.05, 4.69) is 51.7 Å². The van der Waals surface area contributed by atoms with Gasteiger partial charge in [0.25, 0.3) is 11.8 Å². The molecular formula is C62H70FN11O7. The van der Waals surface area contributed by atoms with Crippen molar-refractivity contribution in [3.05, 3.63) is 95.6 Å². The van der Waals surface area contributed by atoms with Crippen LogP contribution in [0, 0.1) is 17.7 Å². The molecule has 6 aliphatic heterocycles. The third-order valence-corrected chi connectivity index (χ3v) is 19.3. The fourth-order valence-electron chi connectivity index (χ4n) is 14.6. The lowest BCUT2D eigenvalue weighted by atomic mass is 9.73. The molecule has 2 aromatic heterocycles. The number of anilines is 4. The maximum Gasteiger partial charge on any atom is 0.264 e. The predicted molar refractivity (Wildman–Crippen MR) is 302 cm³/mol. The molecule has 18 nitrogen and oxygen atoms in total. The first-order chi connectivity index (χ1) is 39.2. The van der Waals surface area contributed by atoms with Gasteiger partial charge in [-0.3, -0.25) is 43.8 Å². The van der Waals surface area contributed by atoms with E-state index in [1.54, 1.807) is 42.7 Å². The molecule has 13 rings (SSSR count). The minimum atomic E-state index is -1.05. The van der Waals surface area contributed by atoms with E-state index in [0.29, 0.717) is 106 Å². The first-order valence-electron chi connectivity index (χ1n) is 29.5. The Morgan fingerprint density at radius 2 is 1.43 bits per heavy atom. The van der Waals surface area contributed by atoms with Crippen LogP contribution in [0.4, 0.5) is 27.3 Å². The molecule has 1 atom stereocenters. The quantitative estimate of drug-likeness (QED) is 0.108. The number of carbonyl (C=O) groups excluding carboxylic acids is 7. The summed E-state index contributed by atoms with van der Waals surface area (Å²) in [6.45, 7) is 8.29. The molecule has 2 saturated carbocycles. The third kappa shape index (κ3) is 9.32. The van der Waals surface area contributed by atoms with Gasteiger partial charge in [0.15, 0.2) is 5.82 Å². The predicted octanol–water partition coefficient (Wildman–Crippen LogP) is 8.10. The summed E-state index contributed by atoms with van der Waals surface area (Å²) in [6.07, 6.45) is 12.3. The van der Waals surface area contributed by atoms with Gasteiger partial charge in [0.2, 0.25) is 29.5 Å². The highest BCUT2D eigenvalue weighted by molar-refractivity contribution is 6.25. The lowest BCUT2D eigenvalue weighted by Crippen LogP contribution is -2.58. The Morgan fingerprint density at radius 3 is 2.15 bits per heavy atom. The van der Waals surface area contributed by atoms with Gasteiger partial charge < -0.3 is 34.8 Å². The number of piperidine rings is 4. The Kier molecular flexibility index (Phi) is 13.7. The van der Waals surface area contributed by atoms with Crippen molar-refractivity contribution in [1.29, 1.82) is 0 Å². The number of nitrogens with one attached hydrogen (secondary N) is 3. The van der Waals surface area contributed by atoms with Crippen molar-refractivity contribution >= 4 is 75.3 Å². The zero-order valence-electron chi connectivity index (χ0n) is 46.1. The van der Waals surface area contributed by atoms with Gasteiger partial charge in [0.1, 0.15) is 17.4 Å². The molecule has 0 bridgehead atoms. The SMILES string of the molecule is CC(C)n1cnc2cc(-c3ccc4c(c3)N(C3CC(N5CCCCC5)C3)C(=O)C43CCN(C(=O)C4CCN(C(=O)C5CCC(Nc6cccc7c6C(=O)N([C@@H]6CCC(=O)NC6=O)C7=O)CC5)CC4)CC3)nc(Nc3ccccc3F)c21. The number of rotatable bonds is 11. The number of imidazole rings is 1. The molecule has 1 spiro atoms. The first kappa shape index (κ1) is 52.8. The molecule has 4 saturated heterocycles. The van der Waals surface area contributed by atoms with Crippen LogP contribution in [0.3, 0.4) is 0 Å². The largest absolute Gasteiger partial charge is 0.382 e. The Morgan fingerprint density at radius 1 is 0.728 bits per heavy atom. The van der Waals surface area contributed by atoms with Crippen molar-refractivity contribution in [2.45, 2.75) is 146 Å². The molecule has 0 radical (unpaired) electrons. The number of likely N-dealkylation sites (tertiary alicyclic amines) is 3. The number of aromatic nitrogens is 3. The topological polar surface area (TPSA) is 202 Å². The van der Waals surface area contributed by atoms with E-state index in [4.69, 9.17) is 9.97 Å². The summed E-state index contributed by atoms with van der Waals surface area (Å²) in [5.41, 5.74) is 5.41. The molecule has 8 heterocycles. The highest BCUT2D eigenvalue weighted by atomic mass is 19.1. The summed E-state index contributed by atoms with van der Waals surface area (Å²) in [7, 11) is 0. The molecule has 3 N–H and O–H groups in total. The van der Waals surface area contributed by atoms with Crippen molar-refractivity contribution in [3.63, 3.8) is 0 Å². The number of fused-ring (bicyclic) bond motifs is 4. The monoisotopic (exact) mass is 1100 g/mol. The van der Waals surface area contributed by atoms with Crippen LogP contribution in [-0.2, 0) is 29.4 Å². The Labute approximate surface area is 470 Å². The average molecular weight is 1100 g/mol. The standard InChI is InChI=1S/C62H70FN11O7/c1-36(2)72-35-64-49-34-48(67-55(54(49)72)66-46-11-5-4-10-45(46)63)39-15-18-44-51(31-39)73(42-32-41(33-42)69-25-6-3-7-26-69)61(81)62(44)23-29-71(30-24-62)58(78)38-21-27-70(28-22-38)57(77)37-13-16-40(17-14-37)65-47-12-8-9-43-53(47)60(80)74(59(43)79)50-19-20-52(75)68-56(50)76/h4-5,8-12,15,18,31,34-38,40-42,50,65H,3,6-7,13-14,16-17,19-30,32-33H2,1-2H3,(H,66,67)(H,68,75,76)/t37?,40?,41?,42?,50-/m1/s1. The lowest BCUT2D eigenvalue weighted by molar-refractivity contribution is -0.144. The van der Waals surface area contributed by atoms with E-state index in [-0.39, 0.29) is 77.5 Å². The second-order valence-corrected chi connectivity index (χ2v) is 24.2. The van der Waals surface area contributed by atoms with E-state index < -0.39 is 35.1 Å². The highest BCUT2D eigenvalue weighted by Crippen LogP contribution is 2.53. The summed E-state index contributed by atoms with van der Waals surface area (Å²) in [4.78, 5) is 115. The van der Waals surface area contributed by atoms with Crippen LogP contribution in [0.5, 0.6) is 0 Å². The number of hydrogen-bond donors (Lipinski definition) is 3. The Bertz CT molecular complexity index is 3380. The number of nitrogens with zero attached hydrogens (tertiary/aromatic N) is 8. The fraction of sp³-hybridized carbons (Fsp3) is 0.500. The van der Waals surface area contributed by atoms with Crippen molar-refractivity contribution in [2.24, 2.45) is 11.8 Å². The smallest absolute Gasteiger partial charge is 0.264 e. The number of amides is 7. The molecule has 2 aliphatic carbocycles. The van der Waals surface area contributed by atoms with Crippen molar-refractivity contribution in [3.8, 4) is 11.3 Å². The van der Waals surface area contributed by atoms with Crippen LogP contribution < -0.4 is 20.9 Å². The number of pyridine rings is 1. The molecule has 0 unspecified atom stereocenters. The second-order valence-electron chi connectivity index (χ2n) is 24.2. The number of halogens is 1. The Hall–Kier alpha value is -7.54. The summed E-state index contributed by atoms with van der Waals surface area (Å²) in [5.74, 6) is -2.12. The zero-order chi connectivity index (χ0) is 55.8. The number of imide groups is 2. The second kappa shape index (κ2) is 21.1. The van der Waals surface area contributed by atoms with Crippen molar-refractivity contribution in [2.75, 3.05) is 54.8 Å². The van der Waals surface area contributed by atoms with Gasteiger partial charge in [-0.15, -0.1) is 0 Å². The molecule has 81 heavy (non-hydrogen) atoms. The zero-order valence-corrected chi connectivity index (χ0v) is 46.1. The number of para-hydroxylation sites is 1. The van der Waals surface area contributed by atoms with Gasteiger partial charge >= 0.3 is 0 Å². The van der Waals surface area contributed by atoms with Crippen LogP contribution >= 0.6 is 0 Å². The van der Waals surface area contributed by atoms with E-state index in [1.165, 1.54) is 25.3 Å². The molecule has 8 aliphatic rings. The maximum atomic E-state index is 15.3. The fourth-order valence-corrected chi connectivity index (χ4v) is 14.6. The van der Waals surface area contributed by atoms with E-state index in [1.807, 2.05) is 26.5 Å². The molecule has 19 heteroatoms. The average Bonchev–Trinajstić information content (AvgIpc) is 4.29. The third-order valence-electron chi connectivity index (χ3n) is 19.3. The molecule has 6 fully saturated rings.